The lowest BCUT2D eigenvalue weighted by atomic mass is 10.1. The smallest absolute Gasteiger partial charge is 0.259 e. The summed E-state index contributed by atoms with van der Waals surface area (Å²) in [4.78, 5) is 17.8. The van der Waals surface area contributed by atoms with E-state index >= 15 is 0 Å². The minimum absolute atomic E-state index is 0.0193. The Morgan fingerprint density at radius 3 is 2.77 bits per heavy atom. The molecular formula is C16H16F2N2O2. The molecule has 0 saturated heterocycles. The normalized spacial score (nSPS) is 10.4. The first-order valence-electron chi connectivity index (χ1n) is 6.80. The van der Waals surface area contributed by atoms with Crippen molar-refractivity contribution in [1.82, 2.24) is 9.88 Å². The van der Waals surface area contributed by atoms with Crippen molar-refractivity contribution >= 4 is 5.91 Å². The number of hydrogen-bond donors (Lipinski definition) is 0. The maximum Gasteiger partial charge on any atom is 0.259 e. The number of ether oxygens (including phenoxy) is 1. The second-order valence-corrected chi connectivity index (χ2v) is 4.69. The number of hydrogen-bond acceptors (Lipinski definition) is 3. The van der Waals surface area contributed by atoms with E-state index in [9.17, 15) is 13.6 Å². The van der Waals surface area contributed by atoms with E-state index in [4.69, 9.17) is 4.74 Å². The van der Waals surface area contributed by atoms with Gasteiger partial charge in [-0.05, 0) is 25.1 Å². The SMILES string of the molecule is CCOc1ncccc1C(=O)N(C)Cc1ccc(F)cc1F. The van der Waals surface area contributed by atoms with Crippen LogP contribution in [0.1, 0.15) is 22.8 Å². The number of benzene rings is 1. The Balaban J connectivity index is 2.19. The van der Waals surface area contributed by atoms with E-state index in [1.165, 1.54) is 24.2 Å². The average Bonchev–Trinajstić information content (AvgIpc) is 2.50. The minimum Gasteiger partial charge on any atom is -0.477 e. The Labute approximate surface area is 127 Å². The van der Waals surface area contributed by atoms with Crippen molar-refractivity contribution in [3.63, 3.8) is 0 Å². The third kappa shape index (κ3) is 3.58. The van der Waals surface area contributed by atoms with Crippen molar-refractivity contribution in [2.45, 2.75) is 13.5 Å². The van der Waals surface area contributed by atoms with Gasteiger partial charge >= 0.3 is 0 Å². The van der Waals surface area contributed by atoms with Gasteiger partial charge in [0.1, 0.15) is 17.2 Å². The highest BCUT2D eigenvalue weighted by molar-refractivity contribution is 5.96. The molecule has 0 aliphatic rings. The third-order valence-electron chi connectivity index (χ3n) is 3.05. The first-order chi connectivity index (χ1) is 10.5. The second kappa shape index (κ2) is 6.98. The van der Waals surface area contributed by atoms with Crippen molar-refractivity contribution in [3.05, 3.63) is 59.3 Å². The summed E-state index contributed by atoms with van der Waals surface area (Å²) >= 11 is 0. The van der Waals surface area contributed by atoms with Gasteiger partial charge in [0.2, 0.25) is 5.88 Å². The number of carbonyl (C=O) groups is 1. The number of nitrogens with zero attached hydrogens (tertiary/aromatic N) is 2. The maximum absolute atomic E-state index is 13.7. The van der Waals surface area contributed by atoms with Crippen LogP contribution in [0.25, 0.3) is 0 Å². The van der Waals surface area contributed by atoms with Crippen LogP contribution in [-0.2, 0) is 6.54 Å². The topological polar surface area (TPSA) is 42.4 Å². The summed E-state index contributed by atoms with van der Waals surface area (Å²) in [7, 11) is 1.54. The van der Waals surface area contributed by atoms with Gasteiger partial charge < -0.3 is 9.64 Å². The van der Waals surface area contributed by atoms with Gasteiger partial charge in [-0.15, -0.1) is 0 Å². The molecule has 0 saturated carbocycles. The van der Waals surface area contributed by atoms with Crippen LogP contribution in [0, 0.1) is 11.6 Å². The summed E-state index contributed by atoms with van der Waals surface area (Å²) in [5.74, 6) is -1.45. The highest BCUT2D eigenvalue weighted by Crippen LogP contribution is 2.18. The summed E-state index contributed by atoms with van der Waals surface area (Å²) < 4.78 is 31.9. The van der Waals surface area contributed by atoms with Crippen LogP contribution in [0.15, 0.2) is 36.5 Å². The van der Waals surface area contributed by atoms with Crippen molar-refractivity contribution < 1.29 is 18.3 Å². The van der Waals surface area contributed by atoms with E-state index in [1.807, 2.05) is 0 Å². The fourth-order valence-electron chi connectivity index (χ4n) is 1.99. The molecule has 0 atom stereocenters. The van der Waals surface area contributed by atoms with Crippen LogP contribution in [0.5, 0.6) is 5.88 Å². The van der Waals surface area contributed by atoms with Crippen molar-refractivity contribution in [1.29, 1.82) is 0 Å². The number of aromatic nitrogens is 1. The molecule has 0 bridgehead atoms. The Kier molecular flexibility index (Phi) is 5.04. The van der Waals surface area contributed by atoms with Crippen molar-refractivity contribution in [3.8, 4) is 5.88 Å². The highest BCUT2D eigenvalue weighted by atomic mass is 19.1. The van der Waals surface area contributed by atoms with E-state index in [2.05, 4.69) is 4.98 Å². The van der Waals surface area contributed by atoms with Gasteiger partial charge in [-0.2, -0.15) is 0 Å². The quantitative estimate of drug-likeness (QED) is 0.852. The van der Waals surface area contributed by atoms with Gasteiger partial charge in [-0.25, -0.2) is 13.8 Å². The summed E-state index contributed by atoms with van der Waals surface area (Å²) in [6, 6.07) is 6.50. The van der Waals surface area contributed by atoms with Gasteiger partial charge in [0, 0.05) is 31.4 Å². The Morgan fingerprint density at radius 2 is 2.09 bits per heavy atom. The lowest BCUT2D eigenvalue weighted by Crippen LogP contribution is -2.27. The number of carbonyl (C=O) groups excluding carboxylic acids is 1. The van der Waals surface area contributed by atoms with Gasteiger partial charge in [-0.1, -0.05) is 6.07 Å². The predicted octanol–water partition coefficient (Wildman–Crippen LogP) is 3.03. The molecule has 116 valence electrons. The molecule has 0 N–H and O–H groups in total. The second-order valence-electron chi connectivity index (χ2n) is 4.69. The van der Waals surface area contributed by atoms with Gasteiger partial charge in [0.25, 0.3) is 5.91 Å². The molecule has 0 aliphatic carbocycles. The summed E-state index contributed by atoms with van der Waals surface area (Å²) in [5.41, 5.74) is 0.536. The van der Waals surface area contributed by atoms with E-state index in [1.54, 1.807) is 19.1 Å². The molecular weight excluding hydrogens is 290 g/mol. The Bertz CT molecular complexity index is 677. The summed E-state index contributed by atoms with van der Waals surface area (Å²) in [6.45, 7) is 2.19. The molecule has 2 rings (SSSR count). The minimum atomic E-state index is -0.684. The van der Waals surface area contributed by atoms with E-state index in [0.717, 1.165) is 12.1 Å². The standard InChI is InChI=1S/C16H16F2N2O2/c1-3-22-15-13(5-4-8-19-15)16(21)20(2)10-11-6-7-12(17)9-14(11)18/h4-9H,3,10H2,1-2H3. The van der Waals surface area contributed by atoms with Gasteiger partial charge in [0.05, 0.1) is 6.61 Å². The summed E-state index contributed by atoms with van der Waals surface area (Å²) in [5, 5.41) is 0. The van der Waals surface area contributed by atoms with E-state index in [-0.39, 0.29) is 23.9 Å². The highest BCUT2D eigenvalue weighted by Gasteiger charge is 2.18. The van der Waals surface area contributed by atoms with E-state index < -0.39 is 11.6 Å². The Morgan fingerprint density at radius 1 is 1.32 bits per heavy atom. The van der Waals surface area contributed by atoms with Crippen LogP contribution < -0.4 is 4.74 Å². The van der Waals surface area contributed by atoms with Gasteiger partial charge in [0.15, 0.2) is 0 Å². The zero-order valence-electron chi connectivity index (χ0n) is 12.3. The fourth-order valence-corrected chi connectivity index (χ4v) is 1.99. The molecule has 4 nitrogen and oxygen atoms in total. The lowest BCUT2D eigenvalue weighted by Gasteiger charge is -2.19. The van der Waals surface area contributed by atoms with E-state index in [0.29, 0.717) is 12.2 Å². The zero-order valence-corrected chi connectivity index (χ0v) is 12.3. The summed E-state index contributed by atoms with van der Waals surface area (Å²) in [6.07, 6.45) is 1.53. The van der Waals surface area contributed by atoms with Gasteiger partial charge in [-0.3, -0.25) is 4.79 Å². The first-order valence-corrected chi connectivity index (χ1v) is 6.80. The number of rotatable bonds is 5. The molecule has 22 heavy (non-hydrogen) atoms. The molecule has 0 spiro atoms. The molecule has 0 aliphatic heterocycles. The molecule has 1 heterocycles. The number of pyridine rings is 1. The molecule has 6 heteroatoms. The van der Waals surface area contributed by atoms with Crippen molar-refractivity contribution in [2.75, 3.05) is 13.7 Å². The first kappa shape index (κ1) is 15.9. The molecule has 2 aromatic rings. The van der Waals surface area contributed by atoms with Crippen LogP contribution in [0.4, 0.5) is 8.78 Å². The molecule has 1 aromatic heterocycles. The fraction of sp³-hybridized carbons (Fsp3) is 0.250. The molecule has 1 amide bonds. The average molecular weight is 306 g/mol. The molecule has 0 radical (unpaired) electrons. The maximum atomic E-state index is 13.7. The monoisotopic (exact) mass is 306 g/mol. The molecule has 1 aromatic carbocycles. The Hall–Kier alpha value is -2.50. The zero-order chi connectivity index (χ0) is 16.1. The largest absolute Gasteiger partial charge is 0.477 e. The van der Waals surface area contributed by atoms with Crippen LogP contribution in [-0.4, -0.2) is 29.4 Å². The third-order valence-corrected chi connectivity index (χ3v) is 3.05. The molecule has 0 fully saturated rings. The predicted molar refractivity (Wildman–Crippen MR) is 77.6 cm³/mol. The van der Waals surface area contributed by atoms with Crippen molar-refractivity contribution in [2.24, 2.45) is 0 Å². The van der Waals surface area contributed by atoms with Crippen LogP contribution in [0.2, 0.25) is 0 Å². The number of halogens is 2. The lowest BCUT2D eigenvalue weighted by molar-refractivity contribution is 0.0778. The molecule has 0 unspecified atom stereocenters. The van der Waals surface area contributed by atoms with Crippen LogP contribution >= 0.6 is 0 Å². The number of amides is 1. The van der Waals surface area contributed by atoms with Crippen LogP contribution in [0.3, 0.4) is 0 Å².